The van der Waals surface area contributed by atoms with E-state index in [1.807, 2.05) is 11.8 Å². The number of nitrogens with zero attached hydrogens (tertiary/aromatic N) is 4. The predicted octanol–water partition coefficient (Wildman–Crippen LogP) is 1.23. The first-order chi connectivity index (χ1) is 9.24. The molecule has 2 aliphatic heterocycles. The van der Waals surface area contributed by atoms with E-state index in [1.165, 1.54) is 6.42 Å². The fraction of sp³-hybridized carbons (Fsp3) is 0.643. The zero-order valence-electron chi connectivity index (χ0n) is 11.4. The Kier molecular flexibility index (Phi) is 3.36. The van der Waals surface area contributed by atoms with Gasteiger partial charge in [-0.1, -0.05) is 0 Å². The van der Waals surface area contributed by atoms with Crippen LogP contribution in [0.1, 0.15) is 25.0 Å². The molecule has 0 saturated carbocycles. The summed E-state index contributed by atoms with van der Waals surface area (Å²) in [6, 6.07) is 0. The molecule has 0 aliphatic carbocycles. The van der Waals surface area contributed by atoms with Gasteiger partial charge in [-0.25, -0.2) is 4.98 Å². The molecule has 0 unspecified atom stereocenters. The van der Waals surface area contributed by atoms with Gasteiger partial charge in [-0.3, -0.25) is 9.78 Å². The second-order valence-electron chi connectivity index (χ2n) is 5.51. The quantitative estimate of drug-likeness (QED) is 0.802. The summed E-state index contributed by atoms with van der Waals surface area (Å²) in [5.74, 6) is 1.37. The normalized spacial score (nSPS) is 20.3. The monoisotopic (exact) mass is 260 g/mol. The summed E-state index contributed by atoms with van der Waals surface area (Å²) in [6.07, 6.45) is 7.10. The van der Waals surface area contributed by atoms with Crippen LogP contribution >= 0.6 is 0 Å². The number of hydrogen-bond acceptors (Lipinski definition) is 4. The van der Waals surface area contributed by atoms with Gasteiger partial charge in [-0.15, -0.1) is 0 Å². The zero-order valence-corrected chi connectivity index (χ0v) is 11.4. The smallest absolute Gasteiger partial charge is 0.229 e. The minimum Gasteiger partial charge on any atom is -0.354 e. The Balaban J connectivity index is 1.56. The third-order valence-electron chi connectivity index (χ3n) is 3.96. The average Bonchev–Trinajstić information content (AvgIpc) is 2.38. The molecule has 2 saturated heterocycles. The molecule has 3 rings (SSSR count). The highest BCUT2D eigenvalue weighted by Crippen LogP contribution is 2.24. The maximum atomic E-state index is 12.3. The van der Waals surface area contributed by atoms with Crippen molar-refractivity contribution in [3.8, 4) is 0 Å². The molecule has 3 heterocycles. The largest absolute Gasteiger partial charge is 0.354 e. The maximum Gasteiger partial charge on any atom is 0.229 e. The van der Waals surface area contributed by atoms with Crippen molar-refractivity contribution in [3.05, 3.63) is 18.1 Å². The topological polar surface area (TPSA) is 49.3 Å². The van der Waals surface area contributed by atoms with Crippen LogP contribution in [0.2, 0.25) is 0 Å². The Morgan fingerprint density at radius 1 is 1.21 bits per heavy atom. The summed E-state index contributed by atoms with van der Waals surface area (Å²) < 4.78 is 0. The molecular formula is C14H20N4O. The molecule has 0 bridgehead atoms. The molecule has 0 radical (unpaired) electrons. The highest BCUT2D eigenvalue weighted by Gasteiger charge is 2.36. The highest BCUT2D eigenvalue weighted by molar-refractivity contribution is 5.82. The number of amides is 1. The Morgan fingerprint density at radius 3 is 2.63 bits per heavy atom. The third-order valence-corrected chi connectivity index (χ3v) is 3.96. The van der Waals surface area contributed by atoms with Crippen LogP contribution in [-0.4, -0.2) is 47.0 Å². The van der Waals surface area contributed by atoms with E-state index in [0.717, 1.165) is 50.5 Å². The van der Waals surface area contributed by atoms with Gasteiger partial charge in [0.1, 0.15) is 5.82 Å². The lowest BCUT2D eigenvalue weighted by molar-refractivity contribution is -0.137. The van der Waals surface area contributed by atoms with E-state index < -0.39 is 0 Å². The Morgan fingerprint density at radius 2 is 1.95 bits per heavy atom. The number of rotatable bonds is 2. The molecule has 2 aliphatic rings. The van der Waals surface area contributed by atoms with Crippen LogP contribution in [0.3, 0.4) is 0 Å². The van der Waals surface area contributed by atoms with Gasteiger partial charge in [0.05, 0.1) is 17.8 Å². The van der Waals surface area contributed by atoms with Gasteiger partial charge in [0.2, 0.25) is 5.91 Å². The van der Waals surface area contributed by atoms with Gasteiger partial charge in [0, 0.05) is 32.4 Å². The van der Waals surface area contributed by atoms with E-state index in [2.05, 4.69) is 14.9 Å². The zero-order chi connectivity index (χ0) is 13.2. The minimum absolute atomic E-state index is 0.153. The van der Waals surface area contributed by atoms with Gasteiger partial charge >= 0.3 is 0 Å². The summed E-state index contributed by atoms with van der Waals surface area (Å²) in [7, 11) is 0. The van der Waals surface area contributed by atoms with Crippen molar-refractivity contribution in [2.45, 2.75) is 26.2 Å². The third kappa shape index (κ3) is 2.55. The standard InChI is InChI=1S/C14H20N4O/c1-11-7-15-8-13(16-11)18-9-12(10-18)14(19)17-5-3-2-4-6-17/h7-8,12H,2-6,9-10H2,1H3. The van der Waals surface area contributed by atoms with Crippen molar-refractivity contribution in [2.24, 2.45) is 5.92 Å². The van der Waals surface area contributed by atoms with Crippen LogP contribution in [0.4, 0.5) is 5.82 Å². The van der Waals surface area contributed by atoms with Crippen molar-refractivity contribution in [1.82, 2.24) is 14.9 Å². The SMILES string of the molecule is Cc1cncc(N2CC(C(=O)N3CCCCC3)C2)n1. The Labute approximate surface area is 113 Å². The van der Waals surface area contributed by atoms with E-state index in [0.29, 0.717) is 5.91 Å². The van der Waals surface area contributed by atoms with Crippen molar-refractivity contribution < 1.29 is 4.79 Å². The molecule has 5 heteroatoms. The second-order valence-corrected chi connectivity index (χ2v) is 5.51. The number of carbonyl (C=O) groups is 1. The first-order valence-electron chi connectivity index (χ1n) is 7.06. The number of anilines is 1. The molecule has 0 aromatic carbocycles. The first kappa shape index (κ1) is 12.4. The van der Waals surface area contributed by atoms with Gasteiger partial charge in [-0.2, -0.15) is 0 Å². The molecule has 1 aromatic rings. The van der Waals surface area contributed by atoms with E-state index in [-0.39, 0.29) is 5.92 Å². The van der Waals surface area contributed by atoms with Gasteiger partial charge in [0.25, 0.3) is 0 Å². The average molecular weight is 260 g/mol. The fourth-order valence-corrected chi connectivity index (χ4v) is 2.80. The van der Waals surface area contributed by atoms with E-state index in [9.17, 15) is 4.79 Å². The molecule has 19 heavy (non-hydrogen) atoms. The molecule has 0 spiro atoms. The molecule has 1 amide bonds. The van der Waals surface area contributed by atoms with E-state index in [4.69, 9.17) is 0 Å². The van der Waals surface area contributed by atoms with Crippen molar-refractivity contribution in [1.29, 1.82) is 0 Å². The van der Waals surface area contributed by atoms with Gasteiger partial charge < -0.3 is 9.80 Å². The van der Waals surface area contributed by atoms with Crippen molar-refractivity contribution in [3.63, 3.8) is 0 Å². The molecule has 1 aromatic heterocycles. The van der Waals surface area contributed by atoms with Crippen LogP contribution in [0.5, 0.6) is 0 Å². The molecule has 0 N–H and O–H groups in total. The summed E-state index contributed by atoms with van der Waals surface area (Å²) in [6.45, 7) is 5.40. The molecule has 2 fully saturated rings. The summed E-state index contributed by atoms with van der Waals surface area (Å²) in [5, 5.41) is 0. The number of hydrogen-bond donors (Lipinski definition) is 0. The molecular weight excluding hydrogens is 240 g/mol. The molecule has 5 nitrogen and oxygen atoms in total. The number of aromatic nitrogens is 2. The lowest BCUT2D eigenvalue weighted by Gasteiger charge is -2.42. The lowest BCUT2D eigenvalue weighted by atomic mass is 9.97. The number of piperidine rings is 1. The Bertz CT molecular complexity index is 464. The lowest BCUT2D eigenvalue weighted by Crippen LogP contribution is -2.55. The number of carbonyl (C=O) groups excluding carboxylic acids is 1. The fourth-order valence-electron chi connectivity index (χ4n) is 2.80. The van der Waals surface area contributed by atoms with Crippen LogP contribution in [0.25, 0.3) is 0 Å². The molecule has 102 valence electrons. The van der Waals surface area contributed by atoms with E-state index >= 15 is 0 Å². The van der Waals surface area contributed by atoms with Crippen LogP contribution < -0.4 is 4.90 Å². The van der Waals surface area contributed by atoms with E-state index in [1.54, 1.807) is 12.4 Å². The summed E-state index contributed by atoms with van der Waals surface area (Å²) >= 11 is 0. The van der Waals surface area contributed by atoms with Gasteiger partial charge in [-0.05, 0) is 26.2 Å². The maximum absolute atomic E-state index is 12.3. The second kappa shape index (κ2) is 5.15. The van der Waals surface area contributed by atoms with Crippen LogP contribution in [-0.2, 0) is 4.79 Å². The molecule has 0 atom stereocenters. The minimum atomic E-state index is 0.153. The Hall–Kier alpha value is -1.65. The van der Waals surface area contributed by atoms with Crippen molar-refractivity contribution in [2.75, 3.05) is 31.1 Å². The first-order valence-corrected chi connectivity index (χ1v) is 7.06. The van der Waals surface area contributed by atoms with Crippen LogP contribution in [0, 0.1) is 12.8 Å². The van der Waals surface area contributed by atoms with Crippen molar-refractivity contribution >= 4 is 11.7 Å². The van der Waals surface area contributed by atoms with Gasteiger partial charge in [0.15, 0.2) is 0 Å². The number of likely N-dealkylation sites (tertiary alicyclic amines) is 1. The highest BCUT2D eigenvalue weighted by atomic mass is 16.2. The number of aryl methyl sites for hydroxylation is 1. The summed E-state index contributed by atoms with van der Waals surface area (Å²) in [4.78, 5) is 25.0. The summed E-state index contributed by atoms with van der Waals surface area (Å²) in [5.41, 5.74) is 0.920. The van der Waals surface area contributed by atoms with Crippen LogP contribution in [0.15, 0.2) is 12.4 Å². The predicted molar refractivity (Wildman–Crippen MR) is 72.9 cm³/mol.